The maximum Gasteiger partial charge on any atom is 0.240 e. The van der Waals surface area contributed by atoms with Gasteiger partial charge in [0, 0.05) is 6.07 Å². The molecule has 0 atom stereocenters. The normalized spacial score (nSPS) is 11.3. The number of ether oxygens (including phenoxy) is 1. The molecule has 5 nitrogen and oxygen atoms in total. The Morgan fingerprint density at radius 2 is 1.55 bits per heavy atom. The summed E-state index contributed by atoms with van der Waals surface area (Å²) in [5, 5.41) is 5.05. The van der Waals surface area contributed by atoms with Gasteiger partial charge in [-0.15, -0.1) is 0 Å². The summed E-state index contributed by atoms with van der Waals surface area (Å²) < 4.78 is 28.2. The fourth-order valence-electron chi connectivity index (χ4n) is 1.98. The van der Waals surface area contributed by atoms with Gasteiger partial charge in [-0.05, 0) is 49.2 Å². The van der Waals surface area contributed by atoms with Crippen molar-refractivity contribution in [3.05, 3.63) is 47.5 Å². The molecule has 0 heterocycles. The molecule has 0 aliphatic heterocycles. The highest BCUT2D eigenvalue weighted by Gasteiger charge is 2.13. The molecule has 4 N–H and O–H groups in total. The number of aryl methyl sites for hydroxylation is 2. The molecule has 0 aliphatic carbocycles. The Kier molecular flexibility index (Phi) is 3.69. The van der Waals surface area contributed by atoms with E-state index in [1.165, 1.54) is 18.2 Å². The summed E-state index contributed by atoms with van der Waals surface area (Å²) in [7, 11) is -3.82. The Labute approximate surface area is 118 Å². The predicted molar refractivity (Wildman–Crippen MR) is 78.2 cm³/mol. The summed E-state index contributed by atoms with van der Waals surface area (Å²) in [4.78, 5) is -0.106. The third-order valence-electron chi connectivity index (χ3n) is 2.72. The number of nitrogen functional groups attached to an aromatic ring is 1. The second kappa shape index (κ2) is 5.15. The van der Waals surface area contributed by atoms with Crippen molar-refractivity contribution in [2.45, 2.75) is 18.7 Å². The van der Waals surface area contributed by atoms with Gasteiger partial charge in [-0.1, -0.05) is 6.07 Å². The van der Waals surface area contributed by atoms with Gasteiger partial charge in [-0.2, -0.15) is 0 Å². The highest BCUT2D eigenvalue weighted by atomic mass is 32.2. The minimum atomic E-state index is -3.82. The third kappa shape index (κ3) is 3.28. The van der Waals surface area contributed by atoms with Gasteiger partial charge in [0.15, 0.2) is 0 Å². The lowest BCUT2D eigenvalue weighted by Crippen LogP contribution is -2.14. The lowest BCUT2D eigenvalue weighted by Gasteiger charge is -2.10. The van der Waals surface area contributed by atoms with Gasteiger partial charge in [-0.25, -0.2) is 13.6 Å². The molecule has 0 radical (unpaired) electrons. The van der Waals surface area contributed by atoms with Gasteiger partial charge in [0.1, 0.15) is 16.4 Å². The van der Waals surface area contributed by atoms with E-state index in [1.807, 2.05) is 32.0 Å². The molecular formula is C14H16N2O3S. The molecule has 0 saturated carbocycles. The van der Waals surface area contributed by atoms with Crippen LogP contribution < -0.4 is 15.6 Å². The molecule has 0 unspecified atom stereocenters. The lowest BCUT2D eigenvalue weighted by atomic mass is 10.1. The summed E-state index contributed by atoms with van der Waals surface area (Å²) in [6.45, 7) is 3.94. The van der Waals surface area contributed by atoms with Crippen LogP contribution in [0.5, 0.6) is 11.5 Å². The monoisotopic (exact) mass is 292 g/mol. The Morgan fingerprint density at radius 1 is 0.950 bits per heavy atom. The quantitative estimate of drug-likeness (QED) is 0.849. The van der Waals surface area contributed by atoms with E-state index in [1.54, 1.807) is 0 Å². The summed E-state index contributed by atoms with van der Waals surface area (Å²) in [5.74, 6) is 1.13. The van der Waals surface area contributed by atoms with E-state index in [9.17, 15) is 8.42 Å². The molecule has 0 aromatic heterocycles. The molecule has 0 fully saturated rings. The number of primary sulfonamides is 1. The highest BCUT2D eigenvalue weighted by Crippen LogP contribution is 2.28. The zero-order valence-electron chi connectivity index (χ0n) is 11.3. The smallest absolute Gasteiger partial charge is 0.240 e. The van der Waals surface area contributed by atoms with Crippen molar-refractivity contribution in [3.63, 3.8) is 0 Å². The first-order valence-corrected chi connectivity index (χ1v) is 7.49. The van der Waals surface area contributed by atoms with E-state index in [4.69, 9.17) is 15.6 Å². The molecule has 0 saturated heterocycles. The van der Waals surface area contributed by atoms with Crippen LogP contribution in [0.25, 0.3) is 0 Å². The van der Waals surface area contributed by atoms with Crippen molar-refractivity contribution in [2.24, 2.45) is 5.14 Å². The van der Waals surface area contributed by atoms with E-state index in [0.29, 0.717) is 11.5 Å². The van der Waals surface area contributed by atoms with Crippen molar-refractivity contribution in [3.8, 4) is 11.5 Å². The first kappa shape index (κ1) is 14.4. The van der Waals surface area contributed by atoms with Gasteiger partial charge >= 0.3 is 0 Å². The van der Waals surface area contributed by atoms with Crippen LogP contribution in [0.2, 0.25) is 0 Å². The molecule has 6 heteroatoms. The summed E-state index contributed by atoms with van der Waals surface area (Å²) in [6.07, 6.45) is 0. The predicted octanol–water partition coefficient (Wildman–Crippen LogP) is 2.33. The van der Waals surface area contributed by atoms with Crippen LogP contribution in [0.4, 0.5) is 5.69 Å². The zero-order chi connectivity index (χ0) is 14.9. The van der Waals surface area contributed by atoms with Crippen LogP contribution in [0.1, 0.15) is 11.1 Å². The van der Waals surface area contributed by atoms with Crippen molar-refractivity contribution in [2.75, 3.05) is 5.73 Å². The van der Waals surface area contributed by atoms with E-state index < -0.39 is 10.0 Å². The van der Waals surface area contributed by atoms with Crippen molar-refractivity contribution >= 4 is 15.7 Å². The van der Waals surface area contributed by atoms with Crippen molar-refractivity contribution in [1.82, 2.24) is 0 Å². The number of hydrogen-bond acceptors (Lipinski definition) is 4. The van der Waals surface area contributed by atoms with E-state index in [0.717, 1.165) is 11.1 Å². The summed E-state index contributed by atoms with van der Waals surface area (Å²) >= 11 is 0. The lowest BCUT2D eigenvalue weighted by molar-refractivity contribution is 0.481. The number of anilines is 1. The van der Waals surface area contributed by atoms with Crippen LogP contribution in [0.15, 0.2) is 41.3 Å². The Morgan fingerprint density at radius 3 is 2.05 bits per heavy atom. The summed E-state index contributed by atoms with van der Waals surface area (Å²) in [5.41, 5.74) is 7.90. The minimum absolute atomic E-state index is 0.0642. The van der Waals surface area contributed by atoms with E-state index in [-0.39, 0.29) is 10.6 Å². The average molecular weight is 292 g/mol. The molecule has 2 rings (SSSR count). The molecule has 0 amide bonds. The SMILES string of the molecule is Cc1cc(C)cc(Oc2ccc(S(N)(=O)=O)c(N)c2)c1. The maximum atomic E-state index is 11.3. The number of sulfonamides is 1. The van der Waals surface area contributed by atoms with Crippen LogP contribution >= 0.6 is 0 Å². The Bertz CT molecular complexity index is 735. The summed E-state index contributed by atoms with van der Waals surface area (Å²) in [6, 6.07) is 10.1. The maximum absolute atomic E-state index is 11.3. The average Bonchev–Trinajstić information content (AvgIpc) is 2.25. The third-order valence-corrected chi connectivity index (χ3v) is 3.70. The standard InChI is InChI=1S/C14H16N2O3S/c1-9-5-10(2)7-12(6-9)19-11-3-4-14(13(15)8-11)20(16,17)18/h3-8H,15H2,1-2H3,(H2,16,17,18). The molecule has 106 valence electrons. The highest BCUT2D eigenvalue weighted by molar-refractivity contribution is 7.89. The zero-order valence-corrected chi connectivity index (χ0v) is 12.1. The molecule has 2 aromatic rings. The fourth-order valence-corrected chi connectivity index (χ4v) is 2.62. The van der Waals surface area contributed by atoms with Gasteiger partial charge < -0.3 is 10.5 Å². The first-order chi connectivity index (χ1) is 9.25. The Hall–Kier alpha value is -2.05. The number of rotatable bonds is 3. The fraction of sp³-hybridized carbons (Fsp3) is 0.143. The second-order valence-corrected chi connectivity index (χ2v) is 6.20. The van der Waals surface area contributed by atoms with Crippen molar-refractivity contribution < 1.29 is 13.2 Å². The molecule has 20 heavy (non-hydrogen) atoms. The number of nitrogens with two attached hydrogens (primary N) is 2. The van der Waals surface area contributed by atoms with Crippen LogP contribution in [0, 0.1) is 13.8 Å². The van der Waals surface area contributed by atoms with Gasteiger partial charge in [-0.3, -0.25) is 0 Å². The minimum Gasteiger partial charge on any atom is -0.457 e. The molecule has 0 spiro atoms. The molecule has 0 bridgehead atoms. The largest absolute Gasteiger partial charge is 0.457 e. The molecule has 0 aliphatic rings. The van der Waals surface area contributed by atoms with E-state index >= 15 is 0 Å². The second-order valence-electron chi connectivity index (χ2n) is 4.67. The number of benzene rings is 2. The topological polar surface area (TPSA) is 95.4 Å². The van der Waals surface area contributed by atoms with Gasteiger partial charge in [0.05, 0.1) is 5.69 Å². The van der Waals surface area contributed by atoms with Crippen molar-refractivity contribution in [1.29, 1.82) is 0 Å². The van der Waals surface area contributed by atoms with Gasteiger partial charge in [0.2, 0.25) is 10.0 Å². The van der Waals surface area contributed by atoms with Crippen LogP contribution in [0.3, 0.4) is 0 Å². The first-order valence-electron chi connectivity index (χ1n) is 5.94. The number of hydrogen-bond donors (Lipinski definition) is 2. The van der Waals surface area contributed by atoms with Crippen LogP contribution in [-0.2, 0) is 10.0 Å². The van der Waals surface area contributed by atoms with E-state index in [2.05, 4.69) is 0 Å². The Balaban J connectivity index is 2.33. The van der Waals surface area contributed by atoms with Crippen LogP contribution in [-0.4, -0.2) is 8.42 Å². The van der Waals surface area contributed by atoms with Gasteiger partial charge in [0.25, 0.3) is 0 Å². The molecule has 2 aromatic carbocycles. The molecular weight excluding hydrogens is 276 g/mol.